The Hall–Kier alpha value is -0.970. The first-order chi connectivity index (χ1) is 8.13. The number of morpholine rings is 1. The van der Waals surface area contributed by atoms with E-state index in [1.807, 2.05) is 12.1 Å². The van der Waals surface area contributed by atoms with Gasteiger partial charge in [-0.15, -0.1) is 0 Å². The summed E-state index contributed by atoms with van der Waals surface area (Å²) >= 11 is 6.02. The summed E-state index contributed by atoms with van der Waals surface area (Å²) in [4.78, 5) is 2.13. The minimum atomic E-state index is -0.162. The summed E-state index contributed by atoms with van der Waals surface area (Å²) in [5.74, 6) is 0. The number of anilines is 2. The summed E-state index contributed by atoms with van der Waals surface area (Å²) in [7, 11) is 0. The van der Waals surface area contributed by atoms with E-state index in [9.17, 15) is 0 Å². The first-order valence-corrected chi connectivity index (χ1v) is 6.04. The van der Waals surface area contributed by atoms with Gasteiger partial charge in [0.05, 0.1) is 35.7 Å². The Bertz CT molecular complexity index is 400. The van der Waals surface area contributed by atoms with E-state index in [2.05, 4.69) is 11.8 Å². The third kappa shape index (κ3) is 2.49. The number of halogens is 1. The van der Waals surface area contributed by atoms with E-state index in [1.54, 1.807) is 6.07 Å². The number of aliphatic hydroxyl groups excluding tert-OH is 1. The maximum atomic E-state index is 9.16. The molecule has 4 nitrogen and oxygen atoms in total. The Morgan fingerprint density at radius 1 is 1.59 bits per heavy atom. The van der Waals surface area contributed by atoms with Gasteiger partial charge in [-0.1, -0.05) is 17.7 Å². The molecule has 0 amide bonds. The van der Waals surface area contributed by atoms with E-state index in [-0.39, 0.29) is 18.8 Å². The molecule has 1 aromatic carbocycles. The highest BCUT2D eigenvalue weighted by Crippen LogP contribution is 2.32. The van der Waals surface area contributed by atoms with Crippen molar-refractivity contribution in [1.82, 2.24) is 0 Å². The van der Waals surface area contributed by atoms with Crippen molar-refractivity contribution in [2.75, 3.05) is 30.4 Å². The molecule has 0 spiro atoms. The zero-order valence-corrected chi connectivity index (χ0v) is 10.5. The fourth-order valence-corrected chi connectivity index (χ4v) is 2.21. The van der Waals surface area contributed by atoms with Gasteiger partial charge in [-0.05, 0) is 19.1 Å². The SMILES string of the molecule is CC1COC(CO)CN1c1cccc(Cl)c1N. The van der Waals surface area contributed by atoms with E-state index in [0.29, 0.717) is 23.9 Å². The highest BCUT2D eigenvalue weighted by molar-refractivity contribution is 6.33. The standard InChI is InChI=1S/C12H17ClN2O2/c1-8-7-17-9(6-16)5-15(8)11-4-2-3-10(13)12(11)14/h2-4,8-9,16H,5-7,14H2,1H3. The lowest BCUT2D eigenvalue weighted by Crippen LogP contribution is -2.49. The minimum absolute atomic E-state index is 0.0176. The summed E-state index contributed by atoms with van der Waals surface area (Å²) in [6, 6.07) is 5.81. The van der Waals surface area contributed by atoms with Crippen molar-refractivity contribution in [1.29, 1.82) is 0 Å². The van der Waals surface area contributed by atoms with Crippen LogP contribution in [0.15, 0.2) is 18.2 Å². The van der Waals surface area contributed by atoms with Crippen LogP contribution in [0.1, 0.15) is 6.92 Å². The van der Waals surface area contributed by atoms with Crippen molar-refractivity contribution in [2.24, 2.45) is 0 Å². The molecule has 1 saturated heterocycles. The predicted molar refractivity (Wildman–Crippen MR) is 69.5 cm³/mol. The van der Waals surface area contributed by atoms with Crippen molar-refractivity contribution in [3.63, 3.8) is 0 Å². The van der Waals surface area contributed by atoms with Crippen LogP contribution in [0.2, 0.25) is 5.02 Å². The van der Waals surface area contributed by atoms with Crippen LogP contribution in [0, 0.1) is 0 Å². The van der Waals surface area contributed by atoms with E-state index in [1.165, 1.54) is 0 Å². The van der Waals surface area contributed by atoms with Crippen LogP contribution in [0.25, 0.3) is 0 Å². The van der Waals surface area contributed by atoms with Gasteiger partial charge in [0.2, 0.25) is 0 Å². The third-order valence-electron chi connectivity index (χ3n) is 3.05. The van der Waals surface area contributed by atoms with Crippen molar-refractivity contribution >= 4 is 23.0 Å². The molecular weight excluding hydrogens is 240 g/mol. The Morgan fingerprint density at radius 2 is 2.35 bits per heavy atom. The summed E-state index contributed by atoms with van der Waals surface area (Å²) in [5.41, 5.74) is 7.48. The molecule has 1 aliphatic heterocycles. The average Bonchev–Trinajstić information content (AvgIpc) is 2.34. The quantitative estimate of drug-likeness (QED) is 0.788. The number of aliphatic hydroxyl groups is 1. The molecule has 1 heterocycles. The maximum Gasteiger partial charge on any atom is 0.0981 e. The molecule has 0 aliphatic carbocycles. The summed E-state index contributed by atoms with van der Waals surface area (Å²) < 4.78 is 5.50. The molecule has 1 aliphatic rings. The number of nitrogens with zero attached hydrogens (tertiary/aromatic N) is 1. The smallest absolute Gasteiger partial charge is 0.0981 e. The molecule has 1 aromatic rings. The molecular formula is C12H17ClN2O2. The maximum absolute atomic E-state index is 9.16. The number of rotatable bonds is 2. The van der Waals surface area contributed by atoms with E-state index < -0.39 is 0 Å². The van der Waals surface area contributed by atoms with Gasteiger partial charge in [0.1, 0.15) is 0 Å². The lowest BCUT2D eigenvalue weighted by atomic mass is 10.1. The second kappa shape index (κ2) is 5.12. The number of hydrogen-bond donors (Lipinski definition) is 2. The lowest BCUT2D eigenvalue weighted by Gasteiger charge is -2.39. The van der Waals surface area contributed by atoms with Crippen LogP contribution in [0.3, 0.4) is 0 Å². The zero-order valence-electron chi connectivity index (χ0n) is 9.77. The van der Waals surface area contributed by atoms with Gasteiger partial charge in [-0.3, -0.25) is 0 Å². The highest BCUT2D eigenvalue weighted by Gasteiger charge is 2.27. The molecule has 3 N–H and O–H groups in total. The Balaban J connectivity index is 2.27. The fourth-order valence-electron chi connectivity index (χ4n) is 2.04. The molecule has 94 valence electrons. The van der Waals surface area contributed by atoms with Crippen molar-refractivity contribution in [3.8, 4) is 0 Å². The van der Waals surface area contributed by atoms with Gasteiger partial charge in [0, 0.05) is 12.6 Å². The molecule has 0 bridgehead atoms. The summed E-state index contributed by atoms with van der Waals surface area (Å²) in [5, 5.41) is 9.71. The first-order valence-electron chi connectivity index (χ1n) is 5.66. The average molecular weight is 257 g/mol. The first kappa shape index (κ1) is 12.5. The Morgan fingerprint density at radius 3 is 3.06 bits per heavy atom. The van der Waals surface area contributed by atoms with Crippen molar-refractivity contribution in [2.45, 2.75) is 19.1 Å². The molecule has 0 radical (unpaired) electrons. The Labute approximate surface area is 106 Å². The number of nitrogens with two attached hydrogens (primary N) is 1. The van der Waals surface area contributed by atoms with Gasteiger partial charge < -0.3 is 20.5 Å². The Kier molecular flexibility index (Phi) is 3.76. The van der Waals surface area contributed by atoms with Crippen LogP contribution in [0.5, 0.6) is 0 Å². The van der Waals surface area contributed by atoms with E-state index >= 15 is 0 Å². The van der Waals surface area contributed by atoms with Crippen molar-refractivity contribution in [3.05, 3.63) is 23.2 Å². The van der Waals surface area contributed by atoms with Gasteiger partial charge >= 0.3 is 0 Å². The largest absolute Gasteiger partial charge is 0.396 e. The topological polar surface area (TPSA) is 58.7 Å². The molecule has 5 heteroatoms. The van der Waals surface area contributed by atoms with Gasteiger partial charge in [0.25, 0.3) is 0 Å². The molecule has 0 aromatic heterocycles. The van der Waals surface area contributed by atoms with Gasteiger partial charge in [-0.25, -0.2) is 0 Å². The normalized spacial score (nSPS) is 25.0. The van der Waals surface area contributed by atoms with Crippen LogP contribution < -0.4 is 10.6 Å². The summed E-state index contributed by atoms with van der Waals surface area (Å²) in [6.45, 7) is 3.29. The molecule has 2 atom stereocenters. The van der Waals surface area contributed by atoms with Crippen LogP contribution in [0.4, 0.5) is 11.4 Å². The number of nitrogen functional groups attached to an aromatic ring is 1. The summed E-state index contributed by atoms with van der Waals surface area (Å²) in [6.07, 6.45) is -0.162. The second-order valence-electron chi connectivity index (χ2n) is 4.31. The van der Waals surface area contributed by atoms with Crippen LogP contribution in [-0.4, -0.2) is 37.0 Å². The second-order valence-corrected chi connectivity index (χ2v) is 4.72. The minimum Gasteiger partial charge on any atom is -0.396 e. The third-order valence-corrected chi connectivity index (χ3v) is 3.38. The van der Waals surface area contributed by atoms with E-state index in [4.69, 9.17) is 27.2 Å². The number of hydrogen-bond acceptors (Lipinski definition) is 4. The molecule has 2 rings (SSSR count). The molecule has 0 saturated carbocycles. The van der Waals surface area contributed by atoms with Gasteiger partial charge in [-0.2, -0.15) is 0 Å². The monoisotopic (exact) mass is 256 g/mol. The number of benzene rings is 1. The highest BCUT2D eigenvalue weighted by atomic mass is 35.5. The molecule has 1 fully saturated rings. The lowest BCUT2D eigenvalue weighted by molar-refractivity contribution is -0.0102. The van der Waals surface area contributed by atoms with Gasteiger partial charge in [0.15, 0.2) is 0 Å². The predicted octanol–water partition coefficient (Wildman–Crippen LogP) is 1.51. The van der Waals surface area contributed by atoms with Crippen molar-refractivity contribution < 1.29 is 9.84 Å². The zero-order chi connectivity index (χ0) is 12.4. The fraction of sp³-hybridized carbons (Fsp3) is 0.500. The van der Waals surface area contributed by atoms with Crippen LogP contribution >= 0.6 is 11.6 Å². The number of para-hydroxylation sites is 1. The van der Waals surface area contributed by atoms with Crippen LogP contribution in [-0.2, 0) is 4.74 Å². The molecule has 17 heavy (non-hydrogen) atoms. The van der Waals surface area contributed by atoms with E-state index in [0.717, 1.165) is 5.69 Å². The number of ether oxygens (including phenoxy) is 1. The molecule has 2 unspecified atom stereocenters.